The van der Waals surface area contributed by atoms with Crippen LogP contribution in [0.5, 0.6) is 0 Å². The average molecular weight is 266 g/mol. The van der Waals surface area contributed by atoms with Crippen molar-refractivity contribution in [1.29, 1.82) is 0 Å². The van der Waals surface area contributed by atoms with E-state index < -0.39 is 6.10 Å². The number of methoxy groups -OCH3 is 1. The number of hydrogen-bond donors (Lipinski definition) is 1. The Morgan fingerprint density at radius 3 is 2.79 bits per heavy atom. The summed E-state index contributed by atoms with van der Waals surface area (Å²) in [6, 6.07) is 7.97. The molecule has 1 aliphatic carbocycles. The second kappa shape index (κ2) is 7.60. The van der Waals surface area contributed by atoms with E-state index in [1.807, 2.05) is 18.2 Å². The van der Waals surface area contributed by atoms with Crippen molar-refractivity contribution >= 4 is 0 Å². The topological polar surface area (TPSA) is 47.9 Å². The fourth-order valence-electron chi connectivity index (χ4n) is 2.33. The van der Waals surface area contributed by atoms with E-state index in [9.17, 15) is 5.11 Å². The molecule has 0 aliphatic heterocycles. The van der Waals surface area contributed by atoms with Crippen LogP contribution in [0.25, 0.3) is 0 Å². The first kappa shape index (κ1) is 14.5. The zero-order valence-corrected chi connectivity index (χ0v) is 11.4. The molecular formula is C15H22O4. The number of fused-ring (bicyclic) bond motifs is 1. The SMILES string of the molecule is COCCOCCCOC1Cc2ccccc2C1O. The van der Waals surface area contributed by atoms with Crippen molar-refractivity contribution in [3.63, 3.8) is 0 Å². The van der Waals surface area contributed by atoms with Gasteiger partial charge in [-0.15, -0.1) is 0 Å². The van der Waals surface area contributed by atoms with Gasteiger partial charge in [0.2, 0.25) is 0 Å². The van der Waals surface area contributed by atoms with Crippen molar-refractivity contribution in [3.8, 4) is 0 Å². The van der Waals surface area contributed by atoms with Gasteiger partial charge >= 0.3 is 0 Å². The van der Waals surface area contributed by atoms with Crippen LogP contribution in [-0.2, 0) is 20.6 Å². The molecule has 2 unspecified atom stereocenters. The van der Waals surface area contributed by atoms with Gasteiger partial charge in [0.1, 0.15) is 6.10 Å². The van der Waals surface area contributed by atoms with Gasteiger partial charge < -0.3 is 19.3 Å². The minimum Gasteiger partial charge on any atom is -0.386 e. The van der Waals surface area contributed by atoms with Crippen LogP contribution in [0.3, 0.4) is 0 Å². The van der Waals surface area contributed by atoms with Gasteiger partial charge in [0.15, 0.2) is 0 Å². The second-order valence-corrected chi connectivity index (χ2v) is 4.72. The fourth-order valence-corrected chi connectivity index (χ4v) is 2.33. The molecule has 0 saturated carbocycles. The van der Waals surface area contributed by atoms with E-state index in [0.29, 0.717) is 26.4 Å². The average Bonchev–Trinajstić information content (AvgIpc) is 2.75. The Morgan fingerprint density at radius 1 is 1.16 bits per heavy atom. The molecule has 4 heteroatoms. The predicted molar refractivity (Wildman–Crippen MR) is 72.2 cm³/mol. The molecule has 0 aromatic heterocycles. The molecular weight excluding hydrogens is 244 g/mol. The Bertz CT molecular complexity index is 380. The van der Waals surface area contributed by atoms with Crippen molar-refractivity contribution in [2.75, 3.05) is 33.5 Å². The zero-order chi connectivity index (χ0) is 13.5. The number of rotatable bonds is 8. The van der Waals surface area contributed by atoms with Gasteiger partial charge in [0.25, 0.3) is 0 Å². The Labute approximate surface area is 114 Å². The summed E-state index contributed by atoms with van der Waals surface area (Å²) in [5.74, 6) is 0. The minimum atomic E-state index is -0.495. The zero-order valence-electron chi connectivity index (χ0n) is 11.4. The summed E-state index contributed by atoms with van der Waals surface area (Å²) in [5.41, 5.74) is 2.19. The van der Waals surface area contributed by atoms with Crippen LogP contribution in [0, 0.1) is 0 Å². The lowest BCUT2D eigenvalue weighted by Crippen LogP contribution is -2.19. The van der Waals surface area contributed by atoms with Crippen molar-refractivity contribution < 1.29 is 19.3 Å². The maximum absolute atomic E-state index is 10.1. The summed E-state index contributed by atoms with van der Waals surface area (Å²) in [6.07, 6.45) is 1.02. The predicted octanol–water partition coefficient (Wildman–Crippen LogP) is 1.71. The summed E-state index contributed by atoms with van der Waals surface area (Å²) in [7, 11) is 1.66. The number of ether oxygens (including phenoxy) is 3. The monoisotopic (exact) mass is 266 g/mol. The summed E-state index contributed by atoms with van der Waals surface area (Å²) >= 11 is 0. The third-order valence-corrected chi connectivity index (χ3v) is 3.34. The molecule has 0 radical (unpaired) electrons. The van der Waals surface area contributed by atoms with E-state index in [1.54, 1.807) is 7.11 Å². The van der Waals surface area contributed by atoms with E-state index in [4.69, 9.17) is 14.2 Å². The molecule has 0 amide bonds. The van der Waals surface area contributed by atoms with Crippen molar-refractivity contribution in [1.82, 2.24) is 0 Å². The van der Waals surface area contributed by atoms with E-state index in [-0.39, 0.29) is 6.10 Å². The van der Waals surface area contributed by atoms with Crippen LogP contribution in [-0.4, -0.2) is 44.7 Å². The van der Waals surface area contributed by atoms with Crippen molar-refractivity contribution in [2.24, 2.45) is 0 Å². The third-order valence-electron chi connectivity index (χ3n) is 3.34. The van der Waals surface area contributed by atoms with Crippen LogP contribution in [0.1, 0.15) is 23.7 Å². The van der Waals surface area contributed by atoms with Gasteiger partial charge in [-0.2, -0.15) is 0 Å². The van der Waals surface area contributed by atoms with Crippen LogP contribution in [0.4, 0.5) is 0 Å². The molecule has 1 N–H and O–H groups in total. The van der Waals surface area contributed by atoms with Crippen LogP contribution >= 0.6 is 0 Å². The van der Waals surface area contributed by atoms with Gasteiger partial charge in [-0.1, -0.05) is 24.3 Å². The molecule has 106 valence electrons. The fraction of sp³-hybridized carbons (Fsp3) is 0.600. The first-order valence-electron chi connectivity index (χ1n) is 6.77. The van der Waals surface area contributed by atoms with Gasteiger partial charge in [0, 0.05) is 26.7 Å². The molecule has 2 atom stereocenters. The van der Waals surface area contributed by atoms with E-state index in [1.165, 1.54) is 5.56 Å². The number of aliphatic hydroxyl groups excluding tert-OH is 1. The Morgan fingerprint density at radius 2 is 2.00 bits per heavy atom. The van der Waals surface area contributed by atoms with Gasteiger partial charge in [-0.25, -0.2) is 0 Å². The first-order chi connectivity index (χ1) is 9.33. The first-order valence-corrected chi connectivity index (χ1v) is 6.77. The highest BCUT2D eigenvalue weighted by Gasteiger charge is 2.30. The Hall–Kier alpha value is -0.940. The summed E-state index contributed by atoms with van der Waals surface area (Å²) in [5, 5.41) is 10.1. The van der Waals surface area contributed by atoms with Gasteiger partial charge in [-0.05, 0) is 17.5 Å². The molecule has 0 spiro atoms. The lowest BCUT2D eigenvalue weighted by atomic mass is 10.1. The summed E-state index contributed by atoms with van der Waals surface area (Å²) in [6.45, 7) is 2.52. The normalized spacial score (nSPS) is 21.6. The summed E-state index contributed by atoms with van der Waals surface area (Å²) in [4.78, 5) is 0. The quantitative estimate of drug-likeness (QED) is 0.728. The standard InChI is InChI=1S/C15H22O4/c1-17-9-10-18-7-4-8-19-14-11-12-5-2-3-6-13(12)15(14)16/h2-3,5-6,14-16H,4,7-11H2,1H3. The number of benzene rings is 1. The number of hydrogen-bond acceptors (Lipinski definition) is 4. The minimum absolute atomic E-state index is 0.114. The molecule has 0 bridgehead atoms. The third kappa shape index (κ3) is 4.01. The highest BCUT2D eigenvalue weighted by atomic mass is 16.5. The largest absolute Gasteiger partial charge is 0.386 e. The molecule has 0 saturated heterocycles. The molecule has 0 heterocycles. The van der Waals surface area contributed by atoms with Crippen molar-refractivity contribution in [2.45, 2.75) is 25.0 Å². The molecule has 2 rings (SSSR count). The highest BCUT2D eigenvalue weighted by Crippen LogP contribution is 2.32. The maximum Gasteiger partial charge on any atom is 0.106 e. The lowest BCUT2D eigenvalue weighted by Gasteiger charge is -2.16. The summed E-state index contributed by atoms with van der Waals surface area (Å²) < 4.78 is 16.0. The van der Waals surface area contributed by atoms with E-state index >= 15 is 0 Å². The van der Waals surface area contributed by atoms with Crippen molar-refractivity contribution in [3.05, 3.63) is 35.4 Å². The maximum atomic E-state index is 10.1. The van der Waals surface area contributed by atoms with E-state index in [0.717, 1.165) is 18.4 Å². The Balaban J connectivity index is 1.63. The van der Waals surface area contributed by atoms with E-state index in [2.05, 4.69) is 6.07 Å². The smallest absolute Gasteiger partial charge is 0.106 e. The molecule has 1 aromatic carbocycles. The number of aliphatic hydroxyl groups is 1. The Kier molecular flexibility index (Phi) is 5.79. The highest BCUT2D eigenvalue weighted by molar-refractivity contribution is 5.35. The molecule has 1 aliphatic rings. The molecule has 19 heavy (non-hydrogen) atoms. The van der Waals surface area contributed by atoms with Crippen LogP contribution in [0.15, 0.2) is 24.3 Å². The molecule has 1 aromatic rings. The second-order valence-electron chi connectivity index (χ2n) is 4.72. The molecule has 0 fully saturated rings. The van der Waals surface area contributed by atoms with Gasteiger partial charge in [-0.3, -0.25) is 0 Å². The lowest BCUT2D eigenvalue weighted by molar-refractivity contribution is -0.0355. The van der Waals surface area contributed by atoms with Crippen LogP contribution in [0.2, 0.25) is 0 Å². The van der Waals surface area contributed by atoms with Crippen LogP contribution < -0.4 is 0 Å². The van der Waals surface area contributed by atoms with Gasteiger partial charge in [0.05, 0.1) is 19.3 Å². The molecule has 4 nitrogen and oxygen atoms in total.